The second-order valence-corrected chi connectivity index (χ2v) is 7.72. The zero-order valence-electron chi connectivity index (χ0n) is 15.8. The van der Waals surface area contributed by atoms with E-state index in [9.17, 15) is 18.4 Å². The first-order chi connectivity index (χ1) is 13.0. The summed E-state index contributed by atoms with van der Waals surface area (Å²) >= 11 is 0. The van der Waals surface area contributed by atoms with Crippen LogP contribution in [0, 0.1) is 17.6 Å². The van der Waals surface area contributed by atoms with E-state index >= 15 is 0 Å². The molecule has 2 aliphatic rings. The second kappa shape index (κ2) is 9.29. The van der Waals surface area contributed by atoms with Gasteiger partial charge in [-0.3, -0.25) is 9.59 Å². The summed E-state index contributed by atoms with van der Waals surface area (Å²) in [6.07, 6.45) is 6.54. The van der Waals surface area contributed by atoms with Crippen LogP contribution in [0.2, 0.25) is 0 Å². The van der Waals surface area contributed by atoms with Crippen molar-refractivity contribution in [2.45, 2.75) is 51.4 Å². The minimum absolute atomic E-state index is 0.117. The summed E-state index contributed by atoms with van der Waals surface area (Å²) in [6.45, 7) is 2.78. The smallest absolute Gasteiger partial charge is 0.224 e. The van der Waals surface area contributed by atoms with Gasteiger partial charge >= 0.3 is 0 Å². The number of likely N-dealkylation sites (tertiary alicyclic amines) is 2. The highest BCUT2D eigenvalue weighted by molar-refractivity contribution is 5.79. The summed E-state index contributed by atoms with van der Waals surface area (Å²) in [5.74, 6) is -0.962. The molecule has 2 saturated heterocycles. The number of nitrogens with zero attached hydrogens (tertiary/aromatic N) is 2. The van der Waals surface area contributed by atoms with Crippen LogP contribution >= 0.6 is 0 Å². The molecule has 0 spiro atoms. The molecule has 2 amide bonds. The van der Waals surface area contributed by atoms with Crippen molar-refractivity contribution in [1.82, 2.24) is 9.80 Å². The van der Waals surface area contributed by atoms with E-state index in [1.54, 1.807) is 6.07 Å². The Morgan fingerprint density at radius 2 is 1.96 bits per heavy atom. The Morgan fingerprint density at radius 1 is 1.11 bits per heavy atom. The average Bonchev–Trinajstić information content (AvgIpc) is 2.68. The van der Waals surface area contributed by atoms with E-state index in [2.05, 4.69) is 0 Å². The normalized spacial score (nSPS) is 20.8. The van der Waals surface area contributed by atoms with Crippen LogP contribution in [0.4, 0.5) is 8.78 Å². The fraction of sp³-hybridized carbons (Fsp3) is 0.619. The highest BCUT2D eigenvalue weighted by Crippen LogP contribution is 2.23. The van der Waals surface area contributed by atoms with E-state index in [0.29, 0.717) is 31.7 Å². The van der Waals surface area contributed by atoms with Gasteiger partial charge in [0.15, 0.2) is 11.6 Å². The first-order valence-corrected chi connectivity index (χ1v) is 10.0. The molecule has 0 saturated carbocycles. The molecule has 0 radical (unpaired) electrons. The fourth-order valence-corrected chi connectivity index (χ4v) is 4.08. The number of amides is 2. The average molecular weight is 378 g/mol. The van der Waals surface area contributed by atoms with Crippen LogP contribution in [0.3, 0.4) is 0 Å². The lowest BCUT2D eigenvalue weighted by Gasteiger charge is -2.34. The molecule has 1 aromatic carbocycles. The maximum Gasteiger partial charge on any atom is 0.224 e. The minimum atomic E-state index is -0.819. The van der Waals surface area contributed by atoms with Gasteiger partial charge in [0.2, 0.25) is 11.8 Å². The van der Waals surface area contributed by atoms with Crippen molar-refractivity contribution < 1.29 is 18.4 Å². The topological polar surface area (TPSA) is 40.6 Å². The Kier molecular flexibility index (Phi) is 6.80. The lowest BCUT2D eigenvalue weighted by atomic mass is 9.91. The fourth-order valence-electron chi connectivity index (χ4n) is 4.08. The molecule has 6 heteroatoms. The van der Waals surface area contributed by atoms with Crippen LogP contribution in [-0.4, -0.2) is 47.8 Å². The number of piperidine rings is 2. The predicted octanol–water partition coefficient (Wildman–Crippen LogP) is 3.54. The van der Waals surface area contributed by atoms with Crippen molar-refractivity contribution in [3.8, 4) is 0 Å². The first kappa shape index (κ1) is 19.8. The van der Waals surface area contributed by atoms with Gasteiger partial charge in [-0.05, 0) is 62.1 Å². The van der Waals surface area contributed by atoms with E-state index in [-0.39, 0.29) is 11.8 Å². The van der Waals surface area contributed by atoms with Crippen molar-refractivity contribution in [3.63, 3.8) is 0 Å². The number of carbonyl (C=O) groups excluding carboxylic acids is 2. The molecule has 4 nitrogen and oxygen atoms in total. The molecule has 0 aliphatic carbocycles. The van der Waals surface area contributed by atoms with Gasteiger partial charge in [0.25, 0.3) is 0 Å². The Bertz CT molecular complexity index is 680. The molecule has 27 heavy (non-hydrogen) atoms. The van der Waals surface area contributed by atoms with Crippen LogP contribution in [0.15, 0.2) is 18.2 Å². The van der Waals surface area contributed by atoms with Crippen LogP contribution in [0.5, 0.6) is 0 Å². The first-order valence-electron chi connectivity index (χ1n) is 10.0. The summed E-state index contributed by atoms with van der Waals surface area (Å²) in [6, 6.07) is 4.06. The van der Waals surface area contributed by atoms with Crippen molar-refractivity contribution in [3.05, 3.63) is 35.4 Å². The van der Waals surface area contributed by atoms with Crippen molar-refractivity contribution in [2.75, 3.05) is 26.2 Å². The minimum Gasteiger partial charge on any atom is -0.342 e. The zero-order valence-corrected chi connectivity index (χ0v) is 15.8. The largest absolute Gasteiger partial charge is 0.342 e. The molecule has 0 bridgehead atoms. The molecule has 3 rings (SSSR count). The third-order valence-electron chi connectivity index (χ3n) is 5.71. The molecule has 2 heterocycles. The molecule has 1 unspecified atom stereocenters. The van der Waals surface area contributed by atoms with Crippen molar-refractivity contribution in [1.29, 1.82) is 0 Å². The number of hydrogen-bond acceptors (Lipinski definition) is 2. The molecule has 1 aromatic rings. The quantitative estimate of drug-likeness (QED) is 0.760. The van der Waals surface area contributed by atoms with Gasteiger partial charge in [-0.1, -0.05) is 6.07 Å². The van der Waals surface area contributed by atoms with Crippen LogP contribution in [0.25, 0.3) is 0 Å². The van der Waals surface area contributed by atoms with E-state index in [1.807, 2.05) is 9.80 Å². The van der Waals surface area contributed by atoms with Gasteiger partial charge in [0.05, 0.1) is 0 Å². The number of halogens is 2. The van der Waals surface area contributed by atoms with Crippen LogP contribution in [0.1, 0.15) is 50.5 Å². The molecule has 2 fully saturated rings. The molecule has 1 atom stereocenters. The van der Waals surface area contributed by atoms with E-state index in [1.165, 1.54) is 12.1 Å². The van der Waals surface area contributed by atoms with Crippen LogP contribution in [-0.2, 0) is 16.0 Å². The molecule has 148 valence electrons. The zero-order chi connectivity index (χ0) is 19.2. The Balaban J connectivity index is 1.44. The standard InChI is InChI=1S/C21H28F2N2O2/c22-18-9-8-16(14-19(18)23)6-7-17-4-3-12-25(15-17)21(27)10-13-24-11-2-1-5-20(24)26/h8-9,14,17H,1-7,10-13,15H2. The summed E-state index contributed by atoms with van der Waals surface area (Å²) in [4.78, 5) is 28.1. The lowest BCUT2D eigenvalue weighted by Crippen LogP contribution is -2.43. The monoisotopic (exact) mass is 378 g/mol. The number of carbonyl (C=O) groups is 2. The summed E-state index contributed by atoms with van der Waals surface area (Å²) in [5.41, 5.74) is 0.793. The number of aryl methyl sites for hydroxylation is 1. The van der Waals surface area contributed by atoms with Crippen molar-refractivity contribution in [2.24, 2.45) is 5.92 Å². The maximum atomic E-state index is 13.3. The van der Waals surface area contributed by atoms with Gasteiger partial charge in [-0.25, -0.2) is 8.78 Å². The summed E-state index contributed by atoms with van der Waals surface area (Å²) < 4.78 is 26.3. The Morgan fingerprint density at radius 3 is 2.74 bits per heavy atom. The summed E-state index contributed by atoms with van der Waals surface area (Å²) in [5, 5.41) is 0. The molecule has 2 aliphatic heterocycles. The Hall–Kier alpha value is -1.98. The van der Waals surface area contributed by atoms with Gasteiger partial charge in [0, 0.05) is 39.0 Å². The molecule has 0 N–H and O–H groups in total. The number of rotatable bonds is 6. The highest BCUT2D eigenvalue weighted by Gasteiger charge is 2.25. The van der Waals surface area contributed by atoms with Gasteiger partial charge < -0.3 is 9.80 Å². The van der Waals surface area contributed by atoms with Gasteiger partial charge in [-0.15, -0.1) is 0 Å². The summed E-state index contributed by atoms with van der Waals surface area (Å²) in [7, 11) is 0. The van der Waals surface area contributed by atoms with Gasteiger partial charge in [0.1, 0.15) is 0 Å². The highest BCUT2D eigenvalue weighted by atomic mass is 19.2. The third-order valence-corrected chi connectivity index (χ3v) is 5.71. The van der Waals surface area contributed by atoms with E-state index in [0.717, 1.165) is 57.3 Å². The molecule has 0 aromatic heterocycles. The van der Waals surface area contributed by atoms with Crippen molar-refractivity contribution >= 4 is 11.8 Å². The molecular formula is C21H28F2N2O2. The maximum absolute atomic E-state index is 13.3. The lowest BCUT2D eigenvalue weighted by molar-refractivity contribution is -0.136. The second-order valence-electron chi connectivity index (χ2n) is 7.72. The SMILES string of the molecule is O=C1CCCCN1CCC(=O)N1CCCC(CCc2ccc(F)c(F)c2)C1. The third kappa shape index (κ3) is 5.50. The predicted molar refractivity (Wildman–Crippen MR) is 99.0 cm³/mol. The Labute approximate surface area is 159 Å². The van der Waals surface area contributed by atoms with E-state index < -0.39 is 11.6 Å². The molecular weight excluding hydrogens is 350 g/mol. The number of hydrogen-bond donors (Lipinski definition) is 0. The number of benzene rings is 1. The van der Waals surface area contributed by atoms with E-state index in [4.69, 9.17) is 0 Å². The van der Waals surface area contributed by atoms with Gasteiger partial charge in [-0.2, -0.15) is 0 Å². The van der Waals surface area contributed by atoms with Crippen LogP contribution < -0.4 is 0 Å².